The van der Waals surface area contributed by atoms with Crippen molar-refractivity contribution >= 4 is 11.2 Å². The number of aromatic amines is 1. The number of nitrogens with zero attached hydrogens (tertiary/aromatic N) is 3. The van der Waals surface area contributed by atoms with Gasteiger partial charge in [0.1, 0.15) is 28.5 Å². The molecule has 0 amide bonds. The predicted octanol–water partition coefficient (Wildman–Crippen LogP) is 5.81. The van der Waals surface area contributed by atoms with E-state index in [1.807, 2.05) is 0 Å². The van der Waals surface area contributed by atoms with Crippen LogP contribution in [0.2, 0.25) is 0 Å². The molecule has 0 radical (unpaired) electrons. The summed E-state index contributed by atoms with van der Waals surface area (Å²) in [5.74, 6) is 1.28. The van der Waals surface area contributed by atoms with Gasteiger partial charge in [-0.2, -0.15) is 0 Å². The fourth-order valence-electron chi connectivity index (χ4n) is 3.87. The third-order valence-electron chi connectivity index (χ3n) is 5.24. The van der Waals surface area contributed by atoms with Crippen LogP contribution in [0.5, 0.6) is 11.5 Å². The van der Waals surface area contributed by atoms with E-state index in [-0.39, 0.29) is 23.4 Å². The number of ether oxygens (including phenoxy) is 2. The summed E-state index contributed by atoms with van der Waals surface area (Å²) in [7, 11) is 0. The minimum absolute atomic E-state index is 0.0387. The van der Waals surface area contributed by atoms with E-state index in [0.717, 1.165) is 25.7 Å². The Morgan fingerprint density at radius 3 is 2.56 bits per heavy atom. The van der Waals surface area contributed by atoms with E-state index in [2.05, 4.69) is 24.7 Å². The van der Waals surface area contributed by atoms with Crippen molar-refractivity contribution in [2.24, 2.45) is 0 Å². The molecule has 1 aromatic carbocycles. The van der Waals surface area contributed by atoms with E-state index >= 15 is 0 Å². The quantitative estimate of drug-likeness (QED) is 0.418. The van der Waals surface area contributed by atoms with Gasteiger partial charge >= 0.3 is 6.36 Å². The van der Waals surface area contributed by atoms with Crippen LogP contribution >= 0.6 is 0 Å². The first-order chi connectivity index (χ1) is 15.3. The molecule has 4 aromatic rings. The van der Waals surface area contributed by atoms with Gasteiger partial charge in [0.05, 0.1) is 12.4 Å². The summed E-state index contributed by atoms with van der Waals surface area (Å²) in [4.78, 5) is 16.1. The van der Waals surface area contributed by atoms with E-state index < -0.39 is 6.36 Å². The third kappa shape index (κ3) is 4.25. The molecule has 7 nitrogen and oxygen atoms in total. The Labute approximate surface area is 180 Å². The minimum Gasteiger partial charge on any atom is -0.490 e. The van der Waals surface area contributed by atoms with Crippen LogP contribution in [0.25, 0.3) is 34.0 Å². The molecule has 1 saturated carbocycles. The minimum atomic E-state index is -4.84. The van der Waals surface area contributed by atoms with Crippen LogP contribution in [0.4, 0.5) is 13.2 Å². The largest absolute Gasteiger partial charge is 0.573 e. The number of nitrogens with one attached hydrogen (secondary N) is 1. The number of benzene rings is 1. The zero-order valence-electron chi connectivity index (χ0n) is 17.1. The summed E-state index contributed by atoms with van der Waals surface area (Å²) in [5.41, 5.74) is 1.58. The summed E-state index contributed by atoms with van der Waals surface area (Å²) in [6.07, 6.45) is 0.357. The van der Waals surface area contributed by atoms with Gasteiger partial charge in [0.2, 0.25) is 0 Å². The second kappa shape index (κ2) is 7.85. The summed E-state index contributed by atoms with van der Waals surface area (Å²) < 4.78 is 54.8. The fourth-order valence-corrected chi connectivity index (χ4v) is 3.87. The third-order valence-corrected chi connectivity index (χ3v) is 5.24. The molecule has 1 fully saturated rings. The summed E-state index contributed by atoms with van der Waals surface area (Å²) >= 11 is 0. The molecule has 3 heterocycles. The molecular weight excluding hydrogens is 425 g/mol. The van der Waals surface area contributed by atoms with Crippen molar-refractivity contribution in [3.8, 4) is 34.3 Å². The highest BCUT2D eigenvalue weighted by Crippen LogP contribution is 2.36. The lowest BCUT2D eigenvalue weighted by molar-refractivity contribution is -0.274. The maximum absolute atomic E-state index is 13.0. The first kappa shape index (κ1) is 20.3. The standard InChI is InChI=1S/C22H19F3N4O3/c1-12-6-7-17(30-12)20-28-18(19-21(29-20)27-11-26-19)13-8-15(31-14-4-2-3-5-14)10-16(9-13)32-22(23,24)25/h6-11,14H,2-5H2,1H3,(H,26,27,28,29). The molecule has 166 valence electrons. The van der Waals surface area contributed by atoms with Gasteiger partial charge < -0.3 is 18.9 Å². The topological polar surface area (TPSA) is 86.1 Å². The van der Waals surface area contributed by atoms with Crippen molar-refractivity contribution in [3.63, 3.8) is 0 Å². The zero-order chi connectivity index (χ0) is 22.3. The number of imidazole rings is 1. The molecule has 0 unspecified atom stereocenters. The monoisotopic (exact) mass is 444 g/mol. The average Bonchev–Trinajstić information content (AvgIpc) is 3.47. The van der Waals surface area contributed by atoms with E-state index in [0.29, 0.717) is 33.9 Å². The van der Waals surface area contributed by atoms with Crippen LogP contribution < -0.4 is 9.47 Å². The lowest BCUT2D eigenvalue weighted by atomic mass is 10.1. The second-order valence-electron chi connectivity index (χ2n) is 7.67. The van der Waals surface area contributed by atoms with Crippen molar-refractivity contribution in [2.45, 2.75) is 45.1 Å². The maximum Gasteiger partial charge on any atom is 0.573 e. The molecule has 0 spiro atoms. The smallest absolute Gasteiger partial charge is 0.490 e. The molecular formula is C22H19F3N4O3. The lowest BCUT2D eigenvalue weighted by Crippen LogP contribution is -2.17. The molecule has 1 N–H and O–H groups in total. The molecule has 1 aliphatic rings. The van der Waals surface area contributed by atoms with Gasteiger partial charge in [0.25, 0.3) is 0 Å². The Morgan fingerprint density at radius 1 is 1.06 bits per heavy atom. The number of hydrogen-bond acceptors (Lipinski definition) is 6. The van der Waals surface area contributed by atoms with Gasteiger partial charge in [-0.05, 0) is 56.9 Å². The van der Waals surface area contributed by atoms with Crippen LogP contribution in [0.15, 0.2) is 41.1 Å². The van der Waals surface area contributed by atoms with Crippen LogP contribution in [-0.2, 0) is 0 Å². The maximum atomic E-state index is 13.0. The van der Waals surface area contributed by atoms with Gasteiger partial charge in [-0.25, -0.2) is 15.0 Å². The normalized spacial score (nSPS) is 14.9. The molecule has 5 rings (SSSR count). The van der Waals surface area contributed by atoms with Gasteiger partial charge in [-0.15, -0.1) is 13.2 Å². The molecule has 0 saturated heterocycles. The molecule has 0 aliphatic heterocycles. The zero-order valence-corrected chi connectivity index (χ0v) is 17.1. The Bertz CT molecular complexity index is 1260. The molecule has 1 aliphatic carbocycles. The number of aryl methyl sites for hydroxylation is 1. The highest BCUT2D eigenvalue weighted by Gasteiger charge is 2.32. The van der Waals surface area contributed by atoms with Crippen molar-refractivity contribution in [2.75, 3.05) is 0 Å². The highest BCUT2D eigenvalue weighted by molar-refractivity contribution is 5.89. The highest BCUT2D eigenvalue weighted by atomic mass is 19.4. The number of aromatic nitrogens is 4. The fraction of sp³-hybridized carbons (Fsp3) is 0.318. The number of fused-ring (bicyclic) bond motifs is 1. The summed E-state index contributed by atoms with van der Waals surface area (Å²) in [6.45, 7) is 1.79. The van der Waals surface area contributed by atoms with E-state index in [4.69, 9.17) is 9.15 Å². The van der Waals surface area contributed by atoms with Gasteiger partial charge in [0.15, 0.2) is 17.2 Å². The average molecular weight is 444 g/mol. The van der Waals surface area contributed by atoms with Crippen LogP contribution in [-0.4, -0.2) is 32.4 Å². The Morgan fingerprint density at radius 2 is 1.84 bits per heavy atom. The molecule has 32 heavy (non-hydrogen) atoms. The number of rotatable bonds is 5. The molecule has 0 atom stereocenters. The molecule has 0 bridgehead atoms. The van der Waals surface area contributed by atoms with Gasteiger partial charge in [-0.1, -0.05) is 0 Å². The molecule has 3 aromatic heterocycles. The van der Waals surface area contributed by atoms with Gasteiger partial charge in [-0.3, -0.25) is 0 Å². The summed E-state index contributed by atoms with van der Waals surface area (Å²) in [5, 5.41) is 0. The Hall–Kier alpha value is -3.56. The second-order valence-corrected chi connectivity index (χ2v) is 7.67. The van der Waals surface area contributed by atoms with Crippen molar-refractivity contribution < 1.29 is 27.1 Å². The van der Waals surface area contributed by atoms with Crippen LogP contribution in [0.3, 0.4) is 0 Å². The van der Waals surface area contributed by atoms with Crippen LogP contribution in [0, 0.1) is 6.92 Å². The number of halogens is 3. The lowest BCUT2D eigenvalue weighted by Gasteiger charge is -2.17. The van der Waals surface area contributed by atoms with Crippen molar-refractivity contribution in [1.29, 1.82) is 0 Å². The first-order valence-corrected chi connectivity index (χ1v) is 10.2. The summed E-state index contributed by atoms with van der Waals surface area (Å²) in [6, 6.07) is 7.68. The molecule has 10 heteroatoms. The van der Waals surface area contributed by atoms with Gasteiger partial charge in [0, 0.05) is 11.6 Å². The van der Waals surface area contributed by atoms with E-state index in [1.54, 1.807) is 25.1 Å². The number of H-pyrrole nitrogens is 1. The van der Waals surface area contributed by atoms with Crippen LogP contribution in [0.1, 0.15) is 31.4 Å². The SMILES string of the molecule is Cc1ccc(-c2nc(-c3cc(OC4CCCC4)cc(OC(F)(F)F)c3)c3[nH]cnc3n2)o1. The number of hydrogen-bond donors (Lipinski definition) is 1. The van der Waals surface area contributed by atoms with E-state index in [9.17, 15) is 13.2 Å². The Kier molecular flexibility index (Phi) is 4.99. The Balaban J connectivity index is 1.63. The first-order valence-electron chi connectivity index (χ1n) is 10.2. The predicted molar refractivity (Wildman–Crippen MR) is 109 cm³/mol. The number of alkyl halides is 3. The van der Waals surface area contributed by atoms with Crippen molar-refractivity contribution in [3.05, 3.63) is 42.4 Å². The van der Waals surface area contributed by atoms with Crippen molar-refractivity contribution in [1.82, 2.24) is 19.9 Å². The number of furan rings is 1. The van der Waals surface area contributed by atoms with E-state index in [1.165, 1.54) is 18.5 Å².